The standard InChI is InChI=1S/C11H20N2O3/c1-7(2)13-8(5-9(14)15)10(16)12-6-11(13,3)4/h7-8H,5-6H2,1-4H3,(H,12,16)(H,14,15). The van der Waals surface area contributed by atoms with E-state index in [-0.39, 0.29) is 23.9 Å². The lowest BCUT2D eigenvalue weighted by molar-refractivity contribution is -0.147. The summed E-state index contributed by atoms with van der Waals surface area (Å²) in [6.07, 6.45) is -0.145. The first kappa shape index (κ1) is 13.0. The minimum atomic E-state index is -0.941. The normalized spacial score (nSPS) is 25.6. The molecule has 0 spiro atoms. The number of aliphatic carboxylic acids is 1. The number of carbonyl (C=O) groups is 2. The molecule has 5 nitrogen and oxygen atoms in total. The molecular formula is C11H20N2O3. The van der Waals surface area contributed by atoms with Crippen molar-refractivity contribution in [2.45, 2.75) is 51.7 Å². The number of rotatable bonds is 3. The van der Waals surface area contributed by atoms with Crippen molar-refractivity contribution in [3.8, 4) is 0 Å². The number of piperazine rings is 1. The zero-order chi connectivity index (χ0) is 12.5. The van der Waals surface area contributed by atoms with Crippen molar-refractivity contribution >= 4 is 11.9 Å². The molecule has 1 aliphatic rings. The molecule has 0 radical (unpaired) electrons. The Morgan fingerprint density at radius 1 is 1.62 bits per heavy atom. The number of carboxylic acids is 1. The second kappa shape index (κ2) is 4.41. The number of carboxylic acid groups (broad SMARTS) is 1. The van der Waals surface area contributed by atoms with Crippen molar-refractivity contribution in [1.29, 1.82) is 0 Å². The van der Waals surface area contributed by atoms with Gasteiger partial charge >= 0.3 is 5.97 Å². The monoisotopic (exact) mass is 228 g/mol. The summed E-state index contributed by atoms with van der Waals surface area (Å²) in [5, 5.41) is 11.6. The van der Waals surface area contributed by atoms with Crippen molar-refractivity contribution in [2.75, 3.05) is 6.54 Å². The lowest BCUT2D eigenvalue weighted by Gasteiger charge is -2.49. The molecule has 1 atom stereocenters. The zero-order valence-corrected chi connectivity index (χ0v) is 10.3. The number of nitrogens with one attached hydrogen (secondary N) is 1. The minimum absolute atomic E-state index is 0.144. The first-order valence-corrected chi connectivity index (χ1v) is 5.53. The SMILES string of the molecule is CC(C)N1C(CC(=O)O)C(=O)NCC1(C)C. The average molecular weight is 228 g/mol. The maximum absolute atomic E-state index is 11.7. The Morgan fingerprint density at radius 3 is 2.62 bits per heavy atom. The molecule has 1 rings (SSSR count). The van der Waals surface area contributed by atoms with Crippen LogP contribution in [0.2, 0.25) is 0 Å². The highest BCUT2D eigenvalue weighted by Crippen LogP contribution is 2.25. The van der Waals surface area contributed by atoms with Gasteiger partial charge in [0.1, 0.15) is 6.04 Å². The predicted octanol–water partition coefficient (Wildman–Crippen LogP) is 0.449. The molecule has 0 saturated carbocycles. The Balaban J connectivity index is 2.97. The van der Waals surface area contributed by atoms with E-state index in [2.05, 4.69) is 5.32 Å². The third-order valence-corrected chi connectivity index (χ3v) is 2.96. The highest BCUT2D eigenvalue weighted by molar-refractivity contribution is 5.87. The van der Waals surface area contributed by atoms with Gasteiger partial charge in [-0.05, 0) is 27.7 Å². The van der Waals surface area contributed by atoms with Crippen LogP contribution >= 0.6 is 0 Å². The highest BCUT2D eigenvalue weighted by Gasteiger charge is 2.43. The van der Waals surface area contributed by atoms with Crippen LogP contribution in [0.4, 0.5) is 0 Å². The molecule has 1 heterocycles. The molecule has 1 fully saturated rings. The molecule has 0 aliphatic carbocycles. The van der Waals surface area contributed by atoms with Gasteiger partial charge in [-0.3, -0.25) is 14.5 Å². The summed E-state index contributed by atoms with van der Waals surface area (Å²) in [4.78, 5) is 24.5. The van der Waals surface area contributed by atoms with E-state index in [1.807, 2.05) is 32.6 Å². The van der Waals surface area contributed by atoms with Gasteiger partial charge in [0, 0.05) is 18.1 Å². The molecule has 16 heavy (non-hydrogen) atoms. The summed E-state index contributed by atoms with van der Waals surface area (Å²) in [5.74, 6) is -1.13. The van der Waals surface area contributed by atoms with E-state index in [4.69, 9.17) is 5.11 Å². The van der Waals surface area contributed by atoms with Crippen LogP contribution in [0.5, 0.6) is 0 Å². The van der Waals surface area contributed by atoms with E-state index in [1.165, 1.54) is 0 Å². The number of hydrogen-bond acceptors (Lipinski definition) is 3. The first-order chi connectivity index (χ1) is 7.25. The zero-order valence-electron chi connectivity index (χ0n) is 10.3. The molecule has 1 aliphatic heterocycles. The Kier molecular flexibility index (Phi) is 3.57. The molecule has 1 amide bonds. The van der Waals surface area contributed by atoms with Gasteiger partial charge in [-0.1, -0.05) is 0 Å². The van der Waals surface area contributed by atoms with Crippen LogP contribution in [0.1, 0.15) is 34.1 Å². The lowest BCUT2D eigenvalue weighted by Crippen LogP contribution is -2.67. The first-order valence-electron chi connectivity index (χ1n) is 5.53. The third-order valence-electron chi connectivity index (χ3n) is 2.96. The van der Waals surface area contributed by atoms with Crippen LogP contribution in [0.3, 0.4) is 0 Å². The molecule has 5 heteroatoms. The maximum Gasteiger partial charge on any atom is 0.305 e. The summed E-state index contributed by atoms with van der Waals surface area (Å²) in [5.41, 5.74) is -0.206. The van der Waals surface area contributed by atoms with Crippen LogP contribution in [0, 0.1) is 0 Å². The van der Waals surface area contributed by atoms with Gasteiger partial charge < -0.3 is 10.4 Å². The Morgan fingerprint density at radius 2 is 2.19 bits per heavy atom. The van der Waals surface area contributed by atoms with Gasteiger partial charge in [-0.2, -0.15) is 0 Å². The number of amides is 1. The van der Waals surface area contributed by atoms with Crippen molar-refractivity contribution in [2.24, 2.45) is 0 Å². The number of nitrogens with zero attached hydrogens (tertiary/aromatic N) is 1. The predicted molar refractivity (Wildman–Crippen MR) is 60.1 cm³/mol. The minimum Gasteiger partial charge on any atom is -0.481 e. The molecule has 2 N–H and O–H groups in total. The fourth-order valence-corrected chi connectivity index (χ4v) is 2.48. The lowest BCUT2D eigenvalue weighted by atomic mass is 9.92. The van der Waals surface area contributed by atoms with Crippen molar-refractivity contribution in [3.05, 3.63) is 0 Å². The van der Waals surface area contributed by atoms with Gasteiger partial charge in [-0.25, -0.2) is 0 Å². The average Bonchev–Trinajstić information content (AvgIpc) is 2.09. The van der Waals surface area contributed by atoms with Crippen LogP contribution < -0.4 is 5.32 Å². The van der Waals surface area contributed by atoms with Crippen LogP contribution in [-0.4, -0.2) is 46.1 Å². The van der Waals surface area contributed by atoms with E-state index in [1.54, 1.807) is 0 Å². The molecule has 92 valence electrons. The Labute approximate surface area is 95.8 Å². The summed E-state index contributed by atoms with van der Waals surface area (Å²) in [7, 11) is 0. The Bertz CT molecular complexity index is 300. The summed E-state index contributed by atoms with van der Waals surface area (Å²) in [6, 6.07) is -0.424. The van der Waals surface area contributed by atoms with Gasteiger partial charge in [0.15, 0.2) is 0 Å². The molecular weight excluding hydrogens is 208 g/mol. The summed E-state index contributed by atoms with van der Waals surface area (Å²) < 4.78 is 0. The van der Waals surface area contributed by atoms with Gasteiger partial charge in [0.2, 0.25) is 5.91 Å². The van der Waals surface area contributed by atoms with Crippen LogP contribution in [0.25, 0.3) is 0 Å². The molecule has 1 saturated heterocycles. The fraction of sp³-hybridized carbons (Fsp3) is 0.818. The van der Waals surface area contributed by atoms with Crippen molar-refractivity contribution in [3.63, 3.8) is 0 Å². The number of hydrogen-bond donors (Lipinski definition) is 2. The molecule has 1 unspecified atom stereocenters. The van der Waals surface area contributed by atoms with Crippen LogP contribution in [0.15, 0.2) is 0 Å². The third kappa shape index (κ3) is 2.52. The molecule has 0 bridgehead atoms. The van der Waals surface area contributed by atoms with E-state index >= 15 is 0 Å². The van der Waals surface area contributed by atoms with Crippen LogP contribution in [-0.2, 0) is 9.59 Å². The van der Waals surface area contributed by atoms with E-state index in [9.17, 15) is 9.59 Å². The van der Waals surface area contributed by atoms with E-state index in [0.717, 1.165) is 0 Å². The summed E-state index contributed by atoms with van der Waals surface area (Å²) >= 11 is 0. The highest BCUT2D eigenvalue weighted by atomic mass is 16.4. The van der Waals surface area contributed by atoms with Crippen molar-refractivity contribution < 1.29 is 14.7 Å². The Hall–Kier alpha value is -1.10. The van der Waals surface area contributed by atoms with E-state index in [0.29, 0.717) is 6.54 Å². The largest absolute Gasteiger partial charge is 0.481 e. The smallest absolute Gasteiger partial charge is 0.305 e. The molecule has 0 aromatic heterocycles. The molecule has 0 aromatic rings. The van der Waals surface area contributed by atoms with E-state index < -0.39 is 12.0 Å². The quantitative estimate of drug-likeness (QED) is 0.735. The summed E-state index contributed by atoms with van der Waals surface area (Å²) in [6.45, 7) is 8.55. The molecule has 0 aromatic carbocycles. The fourth-order valence-electron chi connectivity index (χ4n) is 2.48. The van der Waals surface area contributed by atoms with Gasteiger partial charge in [0.05, 0.1) is 6.42 Å². The van der Waals surface area contributed by atoms with Gasteiger partial charge in [0.25, 0.3) is 0 Å². The topological polar surface area (TPSA) is 69.6 Å². The number of carbonyl (C=O) groups excluding carboxylic acids is 1. The van der Waals surface area contributed by atoms with Crippen molar-refractivity contribution in [1.82, 2.24) is 10.2 Å². The second-order valence-electron chi connectivity index (χ2n) is 5.14. The second-order valence-corrected chi connectivity index (χ2v) is 5.14. The van der Waals surface area contributed by atoms with Gasteiger partial charge in [-0.15, -0.1) is 0 Å². The maximum atomic E-state index is 11.7.